The highest BCUT2D eigenvalue weighted by Gasteiger charge is 2.34. The van der Waals surface area contributed by atoms with Gasteiger partial charge in [0.1, 0.15) is 4.21 Å². The highest BCUT2D eigenvalue weighted by Crippen LogP contribution is 2.31. The largest absolute Gasteiger partial charge is 0.384 e. The van der Waals surface area contributed by atoms with Crippen LogP contribution in [-0.4, -0.2) is 46.7 Å². The Bertz CT molecular complexity index is 623. The monoisotopic (exact) mass is 385 g/mol. The molecule has 2 N–H and O–H groups in total. The van der Waals surface area contributed by atoms with Crippen LogP contribution in [-0.2, 0) is 14.8 Å². The van der Waals surface area contributed by atoms with Gasteiger partial charge in [0.25, 0.3) is 0 Å². The van der Waals surface area contributed by atoms with Gasteiger partial charge in [-0.15, -0.1) is 12.4 Å². The van der Waals surface area contributed by atoms with Crippen molar-refractivity contribution in [3.63, 3.8) is 0 Å². The molecule has 0 amide bonds. The maximum Gasteiger partial charge on any atom is 0.325 e. The summed E-state index contributed by atoms with van der Waals surface area (Å²) in [6, 6.07) is 2.46. The molecule has 1 fully saturated rings. The van der Waals surface area contributed by atoms with Crippen molar-refractivity contribution < 1.29 is 18.1 Å². The van der Waals surface area contributed by atoms with E-state index in [1.54, 1.807) is 7.11 Å². The molecule has 11 heteroatoms. The lowest BCUT2D eigenvalue weighted by atomic mass is 9.80. The Morgan fingerprint density at radius 1 is 1.43 bits per heavy atom. The van der Waals surface area contributed by atoms with Crippen molar-refractivity contribution in [2.45, 2.75) is 17.1 Å². The molecular weight excluding hydrogens is 366 g/mol. The van der Waals surface area contributed by atoms with Crippen LogP contribution in [0.3, 0.4) is 0 Å². The van der Waals surface area contributed by atoms with Crippen molar-refractivity contribution in [2.24, 2.45) is 5.41 Å². The Morgan fingerprint density at radius 2 is 2.09 bits per heavy atom. The van der Waals surface area contributed by atoms with E-state index in [2.05, 4.69) is 10.0 Å². The average Bonchev–Trinajstić information content (AvgIpc) is 2.98. The van der Waals surface area contributed by atoms with E-state index in [9.17, 15) is 18.5 Å². The second-order valence-corrected chi connectivity index (χ2v) is 8.41. The van der Waals surface area contributed by atoms with Gasteiger partial charge in [0.05, 0.1) is 11.5 Å². The van der Waals surface area contributed by atoms with Crippen LogP contribution in [0.4, 0.5) is 5.00 Å². The molecule has 0 spiro atoms. The first-order valence-corrected chi connectivity index (χ1v) is 9.12. The van der Waals surface area contributed by atoms with Gasteiger partial charge in [-0.3, -0.25) is 10.1 Å². The molecule has 2 rings (SSSR count). The van der Waals surface area contributed by atoms with Crippen LogP contribution in [0, 0.1) is 15.5 Å². The minimum atomic E-state index is -3.74. The molecule has 132 valence electrons. The predicted molar refractivity (Wildman–Crippen MR) is 89.8 cm³/mol. The van der Waals surface area contributed by atoms with Gasteiger partial charge in [-0.1, -0.05) is 0 Å². The number of halogens is 1. The molecule has 1 aromatic rings. The summed E-state index contributed by atoms with van der Waals surface area (Å²) in [5.41, 5.74) is -0.240. The van der Waals surface area contributed by atoms with Gasteiger partial charge in [-0.25, -0.2) is 13.1 Å². The fourth-order valence-electron chi connectivity index (χ4n) is 2.51. The Hall–Kier alpha value is -0.780. The molecule has 8 nitrogen and oxygen atoms in total. The third-order valence-corrected chi connectivity index (χ3v) is 6.69. The molecule has 0 aliphatic carbocycles. The SMILES string of the molecule is COCC1(CNS(=O)(=O)c2ccc([N+](=O)[O-])s2)CCNCC1.Cl. The van der Waals surface area contributed by atoms with E-state index < -0.39 is 14.9 Å². The standard InChI is InChI=1S/C12H19N3O5S2.ClH/c1-20-9-12(4-6-13-7-5-12)8-14-22(18,19)11-3-2-10(21-11)15(16)17;/h2-3,13-14H,4-9H2,1H3;1H. The molecule has 1 aliphatic rings. The maximum atomic E-state index is 12.3. The van der Waals surface area contributed by atoms with E-state index in [1.165, 1.54) is 12.1 Å². The molecular formula is C12H20ClN3O5S2. The first-order valence-electron chi connectivity index (χ1n) is 6.82. The van der Waals surface area contributed by atoms with Crippen LogP contribution < -0.4 is 10.0 Å². The molecule has 23 heavy (non-hydrogen) atoms. The molecule has 0 atom stereocenters. The number of hydrogen-bond donors (Lipinski definition) is 2. The molecule has 0 bridgehead atoms. The second kappa shape index (κ2) is 8.36. The summed E-state index contributed by atoms with van der Waals surface area (Å²) in [5.74, 6) is 0. The number of methoxy groups -OCH3 is 1. The number of hydrogen-bond acceptors (Lipinski definition) is 7. The number of sulfonamides is 1. The van der Waals surface area contributed by atoms with Crippen LogP contribution in [0.1, 0.15) is 12.8 Å². The summed E-state index contributed by atoms with van der Waals surface area (Å²) in [4.78, 5) is 10.1. The van der Waals surface area contributed by atoms with Gasteiger partial charge in [-0.05, 0) is 43.3 Å². The Kier molecular flexibility index (Phi) is 7.36. The number of rotatable bonds is 7. The lowest BCUT2D eigenvalue weighted by Gasteiger charge is -2.37. The smallest absolute Gasteiger partial charge is 0.325 e. The Balaban J connectivity index is 0.00000264. The first-order chi connectivity index (χ1) is 10.4. The van der Waals surface area contributed by atoms with Crippen molar-refractivity contribution in [1.82, 2.24) is 10.0 Å². The van der Waals surface area contributed by atoms with Crippen molar-refractivity contribution in [3.8, 4) is 0 Å². The lowest BCUT2D eigenvalue weighted by molar-refractivity contribution is -0.380. The summed E-state index contributed by atoms with van der Waals surface area (Å²) >= 11 is 0.654. The molecule has 1 aliphatic heterocycles. The highest BCUT2D eigenvalue weighted by atomic mass is 35.5. The third kappa shape index (κ3) is 5.10. The topological polar surface area (TPSA) is 111 Å². The number of nitrogens with one attached hydrogen (secondary N) is 2. The van der Waals surface area contributed by atoms with Crippen molar-refractivity contribution in [3.05, 3.63) is 22.2 Å². The van der Waals surface area contributed by atoms with Crippen molar-refractivity contribution >= 4 is 38.8 Å². The third-order valence-electron chi connectivity index (χ3n) is 3.76. The lowest BCUT2D eigenvalue weighted by Crippen LogP contribution is -2.47. The number of nitro groups is 1. The highest BCUT2D eigenvalue weighted by molar-refractivity contribution is 7.91. The minimum absolute atomic E-state index is 0. The quantitative estimate of drug-likeness (QED) is 0.541. The van der Waals surface area contributed by atoms with Gasteiger partial charge >= 0.3 is 5.00 Å². The predicted octanol–water partition coefficient (Wildman–Crippen LogP) is 1.37. The normalized spacial score (nSPS) is 17.4. The molecule has 0 aromatic carbocycles. The summed E-state index contributed by atoms with van der Waals surface area (Å²) < 4.78 is 32.3. The summed E-state index contributed by atoms with van der Waals surface area (Å²) in [7, 11) is -2.14. The van der Waals surface area contributed by atoms with E-state index in [1.807, 2.05) is 0 Å². The number of thiophene rings is 1. The van der Waals surface area contributed by atoms with Crippen molar-refractivity contribution in [1.29, 1.82) is 0 Å². The molecule has 1 aromatic heterocycles. The van der Waals surface area contributed by atoms with E-state index in [-0.39, 0.29) is 33.6 Å². The van der Waals surface area contributed by atoms with Gasteiger partial charge in [-0.2, -0.15) is 0 Å². The summed E-state index contributed by atoms with van der Waals surface area (Å²) in [6.07, 6.45) is 1.63. The minimum Gasteiger partial charge on any atom is -0.384 e. The Labute approximate surface area is 145 Å². The molecule has 0 saturated carbocycles. The fraction of sp³-hybridized carbons (Fsp3) is 0.667. The summed E-state index contributed by atoms with van der Waals surface area (Å²) in [5, 5.41) is 13.7. The van der Waals surface area contributed by atoms with E-state index in [0.717, 1.165) is 25.9 Å². The zero-order valence-electron chi connectivity index (χ0n) is 12.6. The van der Waals surface area contributed by atoms with Crippen LogP contribution in [0.5, 0.6) is 0 Å². The molecule has 1 saturated heterocycles. The van der Waals surface area contributed by atoms with Crippen LogP contribution in [0.15, 0.2) is 16.3 Å². The van der Waals surface area contributed by atoms with Gasteiger partial charge in [0.2, 0.25) is 10.0 Å². The van der Waals surface area contributed by atoms with Gasteiger partial charge in [0, 0.05) is 25.1 Å². The van der Waals surface area contributed by atoms with E-state index in [0.29, 0.717) is 17.9 Å². The maximum absolute atomic E-state index is 12.3. The zero-order valence-corrected chi connectivity index (χ0v) is 15.1. The number of ether oxygens (including phenoxy) is 1. The molecule has 0 radical (unpaired) electrons. The molecule has 0 unspecified atom stereocenters. The van der Waals surface area contributed by atoms with Crippen LogP contribution >= 0.6 is 23.7 Å². The Morgan fingerprint density at radius 3 is 2.61 bits per heavy atom. The molecule has 2 heterocycles. The number of piperidine rings is 1. The van der Waals surface area contributed by atoms with Gasteiger partial charge in [0.15, 0.2) is 0 Å². The van der Waals surface area contributed by atoms with E-state index in [4.69, 9.17) is 4.74 Å². The van der Waals surface area contributed by atoms with Crippen LogP contribution in [0.25, 0.3) is 0 Å². The van der Waals surface area contributed by atoms with Crippen LogP contribution in [0.2, 0.25) is 0 Å². The second-order valence-electron chi connectivity index (χ2n) is 5.36. The average molecular weight is 386 g/mol. The number of nitrogens with zero attached hydrogens (tertiary/aromatic N) is 1. The summed E-state index contributed by atoms with van der Waals surface area (Å²) in [6.45, 7) is 2.36. The van der Waals surface area contributed by atoms with Gasteiger partial charge < -0.3 is 10.1 Å². The zero-order chi connectivity index (χ0) is 16.2. The fourth-order valence-corrected chi connectivity index (χ4v) is 4.82. The van der Waals surface area contributed by atoms with Crippen molar-refractivity contribution in [2.75, 3.05) is 33.4 Å². The first kappa shape index (κ1) is 20.3. The van der Waals surface area contributed by atoms with E-state index >= 15 is 0 Å².